The molecule has 1 radical (unpaired) electrons. The summed E-state index contributed by atoms with van der Waals surface area (Å²) >= 11 is 0. The molecule has 2 fully saturated rings. The summed E-state index contributed by atoms with van der Waals surface area (Å²) in [5, 5.41) is 13.5. The standard InChI is InChI=1S/C13H19N2O5/c1-8-7-13(4,12(2,3)15(8)19)11(18)20-14-9(16)5-6-10(14)17/h8H,5-7H2,1-4H3. The Balaban J connectivity index is 2.20. The largest absolute Gasteiger partial charge is 0.340 e. The topological polar surface area (TPSA) is 86.8 Å². The van der Waals surface area contributed by atoms with E-state index >= 15 is 0 Å². The van der Waals surface area contributed by atoms with Crippen LogP contribution in [0.4, 0.5) is 0 Å². The predicted molar refractivity (Wildman–Crippen MR) is 66.0 cm³/mol. The first-order valence-electron chi connectivity index (χ1n) is 6.66. The first-order valence-corrected chi connectivity index (χ1v) is 6.66. The molecule has 0 bridgehead atoms. The fourth-order valence-corrected chi connectivity index (χ4v) is 2.89. The van der Waals surface area contributed by atoms with Crippen molar-refractivity contribution in [1.29, 1.82) is 0 Å². The van der Waals surface area contributed by atoms with Crippen LogP contribution in [0.25, 0.3) is 0 Å². The highest BCUT2D eigenvalue weighted by atomic mass is 16.7. The number of hydrogen-bond acceptors (Lipinski definition) is 5. The molecule has 20 heavy (non-hydrogen) atoms. The third-order valence-corrected chi connectivity index (χ3v) is 4.64. The summed E-state index contributed by atoms with van der Waals surface area (Å²) in [4.78, 5) is 40.3. The fourth-order valence-electron chi connectivity index (χ4n) is 2.89. The van der Waals surface area contributed by atoms with Crippen molar-refractivity contribution in [1.82, 2.24) is 10.1 Å². The molecule has 0 aliphatic carbocycles. The van der Waals surface area contributed by atoms with Crippen molar-refractivity contribution in [2.45, 2.75) is 58.5 Å². The molecule has 0 aromatic carbocycles. The van der Waals surface area contributed by atoms with E-state index in [1.807, 2.05) is 0 Å². The molecular formula is C13H19N2O5. The zero-order valence-electron chi connectivity index (χ0n) is 12.1. The third kappa shape index (κ3) is 1.92. The lowest BCUT2D eigenvalue weighted by Crippen LogP contribution is -2.52. The van der Waals surface area contributed by atoms with Crippen LogP contribution in [0.2, 0.25) is 0 Å². The fraction of sp³-hybridized carbons (Fsp3) is 0.769. The number of hydroxylamine groups is 4. The van der Waals surface area contributed by atoms with Crippen molar-refractivity contribution < 1.29 is 24.4 Å². The molecule has 2 atom stereocenters. The number of nitrogens with zero attached hydrogens (tertiary/aromatic N) is 2. The van der Waals surface area contributed by atoms with Gasteiger partial charge in [0.2, 0.25) is 0 Å². The second kappa shape index (κ2) is 4.53. The molecule has 0 aromatic rings. The molecule has 2 heterocycles. The van der Waals surface area contributed by atoms with Gasteiger partial charge >= 0.3 is 5.97 Å². The minimum atomic E-state index is -1.07. The lowest BCUT2D eigenvalue weighted by molar-refractivity contribution is -0.238. The molecular weight excluding hydrogens is 264 g/mol. The second-order valence-corrected chi connectivity index (χ2v) is 6.23. The summed E-state index contributed by atoms with van der Waals surface area (Å²) in [6, 6.07) is -0.326. The average molecular weight is 283 g/mol. The van der Waals surface area contributed by atoms with Crippen LogP contribution in [0.15, 0.2) is 0 Å². The van der Waals surface area contributed by atoms with Crippen molar-refractivity contribution in [2.75, 3.05) is 0 Å². The monoisotopic (exact) mass is 283 g/mol. The molecule has 7 heteroatoms. The zero-order chi connectivity index (χ0) is 15.3. The minimum Gasteiger partial charge on any atom is -0.330 e. The van der Waals surface area contributed by atoms with E-state index in [0.29, 0.717) is 11.5 Å². The third-order valence-electron chi connectivity index (χ3n) is 4.64. The first-order chi connectivity index (χ1) is 9.11. The Morgan fingerprint density at radius 3 is 2.10 bits per heavy atom. The van der Waals surface area contributed by atoms with Crippen LogP contribution in [0, 0.1) is 5.41 Å². The zero-order valence-corrected chi connectivity index (χ0v) is 12.1. The van der Waals surface area contributed by atoms with Crippen LogP contribution in [0.3, 0.4) is 0 Å². The summed E-state index contributed by atoms with van der Waals surface area (Å²) < 4.78 is 0. The number of carbonyl (C=O) groups excluding carboxylic acids is 3. The second-order valence-electron chi connectivity index (χ2n) is 6.23. The van der Waals surface area contributed by atoms with Crippen molar-refractivity contribution in [3.63, 3.8) is 0 Å². The van der Waals surface area contributed by atoms with Gasteiger partial charge in [0.25, 0.3) is 11.8 Å². The van der Waals surface area contributed by atoms with Gasteiger partial charge in [-0.25, -0.2) is 4.79 Å². The predicted octanol–water partition coefficient (Wildman–Crippen LogP) is 0.818. The summed E-state index contributed by atoms with van der Waals surface area (Å²) in [6.07, 6.45) is 0.422. The van der Waals surface area contributed by atoms with Crippen LogP contribution in [-0.2, 0) is 24.4 Å². The summed E-state index contributed by atoms with van der Waals surface area (Å²) in [5.41, 5.74) is -2.04. The first kappa shape index (κ1) is 14.9. The Morgan fingerprint density at radius 2 is 1.70 bits per heavy atom. The highest BCUT2D eigenvalue weighted by Crippen LogP contribution is 2.48. The Bertz CT molecular complexity index is 459. The quantitative estimate of drug-likeness (QED) is 0.700. The van der Waals surface area contributed by atoms with Crippen molar-refractivity contribution >= 4 is 17.8 Å². The lowest BCUT2D eigenvalue weighted by atomic mass is 9.73. The van der Waals surface area contributed by atoms with Crippen LogP contribution < -0.4 is 0 Å². The Labute approximate surface area is 117 Å². The van der Waals surface area contributed by atoms with E-state index in [0.717, 1.165) is 5.06 Å². The Hall–Kier alpha value is -1.47. The maximum atomic E-state index is 12.4. The van der Waals surface area contributed by atoms with Crippen molar-refractivity contribution in [3.8, 4) is 0 Å². The van der Waals surface area contributed by atoms with E-state index in [1.54, 1.807) is 27.7 Å². The van der Waals surface area contributed by atoms with Gasteiger partial charge in [0.15, 0.2) is 0 Å². The molecule has 2 aliphatic rings. The smallest absolute Gasteiger partial charge is 0.330 e. The van der Waals surface area contributed by atoms with Gasteiger partial charge in [-0.05, 0) is 34.1 Å². The van der Waals surface area contributed by atoms with E-state index < -0.39 is 28.7 Å². The maximum Gasteiger partial charge on any atom is 0.340 e. The number of rotatable bonds is 2. The highest BCUT2D eigenvalue weighted by molar-refractivity contribution is 6.01. The molecule has 111 valence electrons. The number of carbonyl (C=O) groups is 3. The molecule has 2 amide bonds. The van der Waals surface area contributed by atoms with E-state index in [-0.39, 0.29) is 18.9 Å². The summed E-state index contributed by atoms with van der Waals surface area (Å²) in [5.74, 6) is -1.75. The van der Waals surface area contributed by atoms with Crippen LogP contribution in [-0.4, -0.2) is 39.5 Å². The minimum absolute atomic E-state index is 0.0519. The van der Waals surface area contributed by atoms with Crippen LogP contribution in [0.1, 0.15) is 47.0 Å². The molecule has 0 saturated carbocycles. The van der Waals surface area contributed by atoms with E-state index in [9.17, 15) is 19.6 Å². The Morgan fingerprint density at radius 1 is 1.20 bits per heavy atom. The normalized spacial score (nSPS) is 33.9. The maximum absolute atomic E-state index is 12.4. The molecule has 2 unspecified atom stereocenters. The molecule has 2 saturated heterocycles. The van der Waals surface area contributed by atoms with Crippen LogP contribution >= 0.6 is 0 Å². The molecule has 0 spiro atoms. The van der Waals surface area contributed by atoms with E-state index in [4.69, 9.17) is 4.84 Å². The number of hydrogen-bond donors (Lipinski definition) is 0. The van der Waals surface area contributed by atoms with Gasteiger partial charge in [-0.2, -0.15) is 0 Å². The van der Waals surface area contributed by atoms with Gasteiger partial charge in [-0.3, -0.25) is 9.59 Å². The lowest BCUT2D eigenvalue weighted by Gasteiger charge is -2.37. The average Bonchev–Trinajstić information content (AvgIpc) is 2.75. The van der Waals surface area contributed by atoms with Gasteiger partial charge in [0.05, 0.1) is 11.0 Å². The number of amides is 2. The molecule has 0 N–H and O–H groups in total. The highest BCUT2D eigenvalue weighted by Gasteiger charge is 2.60. The summed E-state index contributed by atoms with van der Waals surface area (Å²) in [6.45, 7) is 6.70. The van der Waals surface area contributed by atoms with Gasteiger partial charge in [-0.15, -0.1) is 15.3 Å². The van der Waals surface area contributed by atoms with Gasteiger partial charge in [-0.1, -0.05) is 0 Å². The SMILES string of the molecule is CC1CC(C)(C(=O)ON2C(=O)CCC2=O)C(C)(C)N1[O]. The van der Waals surface area contributed by atoms with Gasteiger partial charge in [0.1, 0.15) is 0 Å². The van der Waals surface area contributed by atoms with Gasteiger partial charge in [0, 0.05) is 18.9 Å². The van der Waals surface area contributed by atoms with Gasteiger partial charge < -0.3 is 4.84 Å². The Kier molecular flexibility index (Phi) is 3.38. The molecule has 2 aliphatic heterocycles. The van der Waals surface area contributed by atoms with Crippen molar-refractivity contribution in [2.24, 2.45) is 5.41 Å². The number of imide groups is 1. The van der Waals surface area contributed by atoms with E-state index in [2.05, 4.69) is 0 Å². The van der Waals surface area contributed by atoms with E-state index in [1.165, 1.54) is 0 Å². The molecule has 2 rings (SSSR count). The molecule has 0 aromatic heterocycles. The van der Waals surface area contributed by atoms with Crippen LogP contribution in [0.5, 0.6) is 0 Å². The van der Waals surface area contributed by atoms with Crippen molar-refractivity contribution in [3.05, 3.63) is 0 Å². The summed E-state index contributed by atoms with van der Waals surface area (Å²) in [7, 11) is 0. The molecule has 7 nitrogen and oxygen atoms in total.